The second-order valence-electron chi connectivity index (χ2n) is 6.39. The summed E-state index contributed by atoms with van der Waals surface area (Å²) in [5.41, 5.74) is 0.764. The highest BCUT2D eigenvalue weighted by atomic mass is 16.3. The maximum Gasteiger partial charge on any atom is 0.243 e. The minimum absolute atomic E-state index is 0.0125. The van der Waals surface area contributed by atoms with Gasteiger partial charge in [-0.15, -0.1) is 0 Å². The van der Waals surface area contributed by atoms with E-state index < -0.39 is 6.04 Å². The Labute approximate surface area is 147 Å². The Hall–Kier alpha value is -2.60. The number of benzene rings is 1. The third-order valence-electron chi connectivity index (χ3n) is 4.51. The number of amides is 2. The molecule has 3 rings (SSSR count). The third kappa shape index (κ3) is 3.74. The van der Waals surface area contributed by atoms with E-state index in [4.69, 9.17) is 4.42 Å². The summed E-state index contributed by atoms with van der Waals surface area (Å²) in [6, 6.07) is 12.6. The summed E-state index contributed by atoms with van der Waals surface area (Å²) < 4.78 is 5.46. The highest BCUT2D eigenvalue weighted by Crippen LogP contribution is 2.26. The van der Waals surface area contributed by atoms with Crippen molar-refractivity contribution in [3.8, 4) is 0 Å². The molecule has 0 radical (unpaired) electrons. The molecule has 1 aromatic carbocycles. The topological polar surface area (TPSA) is 65.8 Å². The molecule has 6 heteroatoms. The van der Waals surface area contributed by atoms with E-state index in [0.29, 0.717) is 19.4 Å². The first-order chi connectivity index (χ1) is 12.1. The van der Waals surface area contributed by atoms with E-state index in [1.165, 1.54) is 0 Å². The molecule has 2 amide bonds. The molecule has 1 aliphatic heterocycles. The molecule has 1 aliphatic rings. The second kappa shape index (κ2) is 7.53. The molecule has 1 aromatic heterocycles. The molecule has 25 heavy (non-hydrogen) atoms. The van der Waals surface area contributed by atoms with Crippen LogP contribution in [0.5, 0.6) is 0 Å². The molecular formula is C19H23N3O3. The van der Waals surface area contributed by atoms with Crippen LogP contribution in [0.3, 0.4) is 0 Å². The Balaban J connectivity index is 1.69. The van der Waals surface area contributed by atoms with Gasteiger partial charge < -0.3 is 9.73 Å². The van der Waals surface area contributed by atoms with Gasteiger partial charge in [-0.05, 0) is 44.8 Å². The monoisotopic (exact) mass is 341 g/mol. The van der Waals surface area contributed by atoms with Gasteiger partial charge in [0.2, 0.25) is 11.8 Å². The second-order valence-corrected chi connectivity index (χ2v) is 6.39. The zero-order valence-electron chi connectivity index (χ0n) is 14.5. The fourth-order valence-electron chi connectivity index (χ4n) is 3.18. The van der Waals surface area contributed by atoms with Crippen molar-refractivity contribution < 1.29 is 14.0 Å². The quantitative estimate of drug-likeness (QED) is 0.875. The van der Waals surface area contributed by atoms with Gasteiger partial charge in [-0.2, -0.15) is 0 Å². The highest BCUT2D eigenvalue weighted by Gasteiger charge is 2.37. The molecule has 1 fully saturated rings. The fourth-order valence-corrected chi connectivity index (χ4v) is 3.18. The summed E-state index contributed by atoms with van der Waals surface area (Å²) in [5.74, 6) is 0.655. The summed E-state index contributed by atoms with van der Waals surface area (Å²) in [6.07, 6.45) is 2.55. The molecule has 2 heterocycles. The largest absolute Gasteiger partial charge is 0.468 e. The number of carbonyl (C=O) groups is 2. The van der Waals surface area contributed by atoms with Gasteiger partial charge in [0.15, 0.2) is 0 Å². The molecular weight excluding hydrogens is 318 g/mol. The maximum absolute atomic E-state index is 12.7. The van der Waals surface area contributed by atoms with E-state index in [2.05, 4.69) is 5.32 Å². The van der Waals surface area contributed by atoms with Crippen LogP contribution in [0.15, 0.2) is 53.1 Å². The normalized spacial score (nSPS) is 18.6. The first-order valence-corrected chi connectivity index (χ1v) is 8.42. The summed E-state index contributed by atoms with van der Waals surface area (Å²) >= 11 is 0. The van der Waals surface area contributed by atoms with Gasteiger partial charge in [0.05, 0.1) is 12.3 Å². The van der Waals surface area contributed by atoms with Crippen molar-refractivity contribution in [2.24, 2.45) is 0 Å². The minimum atomic E-state index is -0.464. The number of nitrogens with zero attached hydrogens (tertiary/aromatic N) is 2. The van der Waals surface area contributed by atoms with Gasteiger partial charge in [-0.3, -0.25) is 19.4 Å². The zero-order chi connectivity index (χ0) is 17.8. The number of carbonyl (C=O) groups excluding carboxylic acids is 2. The number of anilines is 1. The lowest BCUT2D eigenvalue weighted by atomic mass is 10.1. The van der Waals surface area contributed by atoms with Crippen LogP contribution in [0.1, 0.15) is 24.6 Å². The summed E-state index contributed by atoms with van der Waals surface area (Å²) in [6.45, 7) is 0.423. The summed E-state index contributed by atoms with van der Waals surface area (Å²) in [4.78, 5) is 28.6. The van der Waals surface area contributed by atoms with Crippen molar-refractivity contribution in [3.05, 3.63) is 54.5 Å². The molecule has 6 nitrogen and oxygen atoms in total. The summed E-state index contributed by atoms with van der Waals surface area (Å²) in [5, 5.41) is 2.98. The molecule has 2 unspecified atom stereocenters. The van der Waals surface area contributed by atoms with Crippen LogP contribution in [0.2, 0.25) is 0 Å². The number of furan rings is 1. The summed E-state index contributed by atoms with van der Waals surface area (Å²) in [7, 11) is 3.88. The van der Waals surface area contributed by atoms with Gasteiger partial charge in [-0.1, -0.05) is 18.2 Å². The van der Waals surface area contributed by atoms with Crippen LogP contribution in [0.4, 0.5) is 5.69 Å². The Morgan fingerprint density at radius 1 is 1.28 bits per heavy atom. The Kier molecular flexibility index (Phi) is 5.19. The van der Waals surface area contributed by atoms with Gasteiger partial charge in [-0.25, -0.2) is 0 Å². The van der Waals surface area contributed by atoms with Crippen LogP contribution < -0.4 is 10.2 Å². The van der Waals surface area contributed by atoms with Gasteiger partial charge in [0.1, 0.15) is 11.8 Å². The van der Waals surface area contributed by atoms with E-state index >= 15 is 0 Å². The van der Waals surface area contributed by atoms with Gasteiger partial charge >= 0.3 is 0 Å². The minimum Gasteiger partial charge on any atom is -0.468 e. The lowest BCUT2D eigenvalue weighted by molar-refractivity contribution is -0.124. The molecule has 1 N–H and O–H groups in total. The Morgan fingerprint density at radius 2 is 2.04 bits per heavy atom. The van der Waals surface area contributed by atoms with Crippen LogP contribution in [0.25, 0.3) is 0 Å². The van der Waals surface area contributed by atoms with E-state index in [1.807, 2.05) is 61.5 Å². The number of hydrogen-bond donors (Lipinski definition) is 1. The molecule has 0 saturated carbocycles. The third-order valence-corrected chi connectivity index (χ3v) is 4.51. The lowest BCUT2D eigenvalue weighted by Crippen LogP contribution is -2.46. The highest BCUT2D eigenvalue weighted by molar-refractivity contribution is 6.03. The van der Waals surface area contributed by atoms with Crippen molar-refractivity contribution in [1.82, 2.24) is 10.2 Å². The molecule has 0 aliphatic carbocycles. The first-order valence-electron chi connectivity index (χ1n) is 8.42. The number of rotatable bonds is 6. The van der Waals surface area contributed by atoms with Crippen molar-refractivity contribution in [2.75, 3.05) is 25.5 Å². The van der Waals surface area contributed by atoms with Crippen LogP contribution in [-0.2, 0) is 9.59 Å². The van der Waals surface area contributed by atoms with E-state index in [9.17, 15) is 9.59 Å². The van der Waals surface area contributed by atoms with Crippen LogP contribution in [0, 0.1) is 0 Å². The zero-order valence-corrected chi connectivity index (χ0v) is 14.5. The molecule has 0 spiro atoms. The van der Waals surface area contributed by atoms with E-state index in [1.54, 1.807) is 11.2 Å². The Bertz CT molecular complexity index is 713. The standard InChI is InChI=1S/C19H23N3O3/c1-21(2)16(17-9-6-12-25-17)13-20-19(24)15-10-11-18(23)22(15)14-7-4-3-5-8-14/h3-9,12,15-16H,10-11,13H2,1-2H3,(H,20,24). The first kappa shape index (κ1) is 17.2. The maximum atomic E-state index is 12.7. The molecule has 2 aromatic rings. The van der Waals surface area contributed by atoms with Gasteiger partial charge in [0.25, 0.3) is 0 Å². The van der Waals surface area contributed by atoms with Gasteiger partial charge in [0, 0.05) is 18.7 Å². The van der Waals surface area contributed by atoms with E-state index in [-0.39, 0.29) is 17.9 Å². The number of hydrogen-bond acceptors (Lipinski definition) is 4. The molecule has 2 atom stereocenters. The van der Waals surface area contributed by atoms with Crippen molar-refractivity contribution in [1.29, 1.82) is 0 Å². The molecule has 1 saturated heterocycles. The van der Waals surface area contributed by atoms with Crippen molar-refractivity contribution in [3.63, 3.8) is 0 Å². The number of likely N-dealkylation sites (N-methyl/N-ethyl adjacent to an activating group) is 1. The predicted octanol–water partition coefficient (Wildman–Crippen LogP) is 2.19. The SMILES string of the molecule is CN(C)C(CNC(=O)C1CCC(=O)N1c1ccccc1)c1ccco1. The average Bonchev–Trinajstić information content (AvgIpc) is 3.25. The Morgan fingerprint density at radius 3 is 2.68 bits per heavy atom. The fraction of sp³-hybridized carbons (Fsp3) is 0.368. The van der Waals surface area contributed by atoms with Crippen molar-refractivity contribution in [2.45, 2.75) is 24.9 Å². The van der Waals surface area contributed by atoms with Crippen LogP contribution in [-0.4, -0.2) is 43.4 Å². The van der Waals surface area contributed by atoms with E-state index in [0.717, 1.165) is 11.4 Å². The predicted molar refractivity (Wildman–Crippen MR) is 95.1 cm³/mol. The van der Waals surface area contributed by atoms with Crippen LogP contribution >= 0.6 is 0 Å². The number of nitrogens with one attached hydrogen (secondary N) is 1. The smallest absolute Gasteiger partial charge is 0.243 e. The van der Waals surface area contributed by atoms with Crippen molar-refractivity contribution >= 4 is 17.5 Å². The number of para-hydroxylation sites is 1. The molecule has 0 bridgehead atoms. The molecule has 132 valence electrons. The lowest BCUT2D eigenvalue weighted by Gasteiger charge is -2.26. The average molecular weight is 341 g/mol.